The monoisotopic (exact) mass is 500 g/mol. The van der Waals surface area contributed by atoms with E-state index in [4.69, 9.17) is 33.2 Å². The topological polar surface area (TPSA) is 69.8 Å². The second-order valence-electron chi connectivity index (χ2n) is 8.50. The van der Waals surface area contributed by atoms with Gasteiger partial charge in [-0.05, 0) is 24.3 Å². The number of aryl methyl sites for hydroxylation is 1. The van der Waals surface area contributed by atoms with Gasteiger partial charge in [0, 0.05) is 35.8 Å². The maximum Gasteiger partial charge on any atom is 0.184 e. The number of imidazole rings is 2. The van der Waals surface area contributed by atoms with Crippen molar-refractivity contribution in [3.63, 3.8) is 0 Å². The molecule has 0 saturated heterocycles. The van der Waals surface area contributed by atoms with Gasteiger partial charge in [0.25, 0.3) is 0 Å². The van der Waals surface area contributed by atoms with Crippen molar-refractivity contribution in [3.8, 4) is 17.1 Å². The van der Waals surface area contributed by atoms with Crippen molar-refractivity contribution >= 4 is 46.1 Å². The number of nitrogens with zero attached hydrogens (tertiary/aromatic N) is 4. The molecular weight excluding hydrogens is 483 g/mol. The van der Waals surface area contributed by atoms with Crippen LogP contribution in [0.1, 0.15) is 26.5 Å². The van der Waals surface area contributed by atoms with E-state index in [1.807, 2.05) is 76.8 Å². The van der Waals surface area contributed by atoms with Gasteiger partial charge in [-0.15, -0.1) is 0 Å². The third kappa shape index (κ3) is 3.40. The van der Waals surface area contributed by atoms with Crippen LogP contribution in [0.5, 0.6) is 0 Å². The van der Waals surface area contributed by atoms with Gasteiger partial charge in [-0.2, -0.15) is 0 Å². The summed E-state index contributed by atoms with van der Waals surface area (Å²) in [5, 5.41) is 0.503. The maximum absolute atomic E-state index is 13.2. The van der Waals surface area contributed by atoms with E-state index in [9.17, 15) is 9.59 Å². The predicted molar refractivity (Wildman–Crippen MR) is 136 cm³/mol. The van der Waals surface area contributed by atoms with Gasteiger partial charge in [-0.25, -0.2) is 9.97 Å². The molecule has 35 heavy (non-hydrogen) atoms. The molecular formula is C27H18Cl2N4O2. The number of carbonyl (C=O) groups is 2. The van der Waals surface area contributed by atoms with Crippen molar-refractivity contribution in [3.05, 3.63) is 99.8 Å². The first-order valence-electron chi connectivity index (χ1n) is 11.1. The summed E-state index contributed by atoms with van der Waals surface area (Å²) in [7, 11) is 1.91. The number of para-hydroxylation sites is 1. The van der Waals surface area contributed by atoms with Crippen LogP contribution in [0, 0.1) is 5.92 Å². The Kier molecular flexibility index (Phi) is 5.09. The zero-order valence-corrected chi connectivity index (χ0v) is 20.1. The van der Waals surface area contributed by atoms with Crippen molar-refractivity contribution in [2.24, 2.45) is 13.0 Å². The summed E-state index contributed by atoms with van der Waals surface area (Å²) in [6.07, 6.45) is 0.132. The number of carbonyl (C=O) groups excluding carboxylic acids is 2. The van der Waals surface area contributed by atoms with E-state index in [0.29, 0.717) is 28.2 Å². The van der Waals surface area contributed by atoms with E-state index in [1.54, 1.807) is 0 Å². The first-order valence-corrected chi connectivity index (χ1v) is 11.8. The Morgan fingerprint density at radius 3 is 1.97 bits per heavy atom. The lowest BCUT2D eigenvalue weighted by Gasteiger charge is -2.11. The number of ketones is 2. The molecule has 172 valence electrons. The Morgan fingerprint density at radius 2 is 1.37 bits per heavy atom. The van der Waals surface area contributed by atoms with Crippen LogP contribution < -0.4 is 0 Å². The minimum absolute atomic E-state index is 0.132. The largest absolute Gasteiger partial charge is 0.310 e. The lowest BCUT2D eigenvalue weighted by Crippen LogP contribution is -2.20. The standard InChI is InChI=1S/C27H18Cl2N4O2/c1-32-25(15-8-4-2-5-9-15)31-27-26(32)30-22(33(27)16-10-6-3-7-11-16)14-19-23(34)17-12-20(28)21(29)13-18(17)24(19)35/h2-13,19H,14H2,1H3. The van der Waals surface area contributed by atoms with Gasteiger partial charge in [-0.3, -0.25) is 14.2 Å². The fraction of sp³-hybridized carbons (Fsp3) is 0.111. The summed E-state index contributed by atoms with van der Waals surface area (Å²) in [5.41, 5.74) is 3.77. The van der Waals surface area contributed by atoms with Gasteiger partial charge in [0.1, 0.15) is 11.6 Å². The first-order chi connectivity index (χ1) is 16.9. The van der Waals surface area contributed by atoms with Crippen molar-refractivity contribution in [1.82, 2.24) is 19.1 Å². The number of aromatic nitrogens is 4. The molecule has 2 aromatic heterocycles. The predicted octanol–water partition coefficient (Wildman–Crippen LogP) is 5.97. The average molecular weight is 501 g/mol. The van der Waals surface area contributed by atoms with Crippen molar-refractivity contribution < 1.29 is 9.59 Å². The summed E-state index contributed by atoms with van der Waals surface area (Å²) in [6, 6.07) is 22.5. The molecule has 6 rings (SSSR count). The highest BCUT2D eigenvalue weighted by Gasteiger charge is 2.40. The van der Waals surface area contributed by atoms with Crippen LogP contribution in [0.25, 0.3) is 28.4 Å². The lowest BCUT2D eigenvalue weighted by atomic mass is 9.99. The van der Waals surface area contributed by atoms with Crippen LogP contribution in [0.3, 0.4) is 0 Å². The van der Waals surface area contributed by atoms with Crippen molar-refractivity contribution in [2.75, 3.05) is 0 Å². The quantitative estimate of drug-likeness (QED) is 0.285. The Labute approximate surface area is 210 Å². The van der Waals surface area contributed by atoms with Gasteiger partial charge in [0.05, 0.1) is 16.0 Å². The number of halogens is 2. The fourth-order valence-corrected chi connectivity index (χ4v) is 5.02. The fourth-order valence-electron chi connectivity index (χ4n) is 4.69. The van der Waals surface area contributed by atoms with Crippen LogP contribution >= 0.6 is 23.2 Å². The third-order valence-corrected chi connectivity index (χ3v) is 7.13. The molecule has 8 heteroatoms. The summed E-state index contributed by atoms with van der Waals surface area (Å²) >= 11 is 12.2. The second-order valence-corrected chi connectivity index (χ2v) is 9.32. The maximum atomic E-state index is 13.2. The van der Waals surface area contributed by atoms with Crippen molar-refractivity contribution in [1.29, 1.82) is 0 Å². The highest BCUT2D eigenvalue weighted by Crippen LogP contribution is 2.36. The summed E-state index contributed by atoms with van der Waals surface area (Å²) in [5.74, 6) is -0.0709. The highest BCUT2D eigenvalue weighted by atomic mass is 35.5. The molecule has 1 aliphatic rings. The number of hydrogen-bond donors (Lipinski definition) is 0. The molecule has 0 amide bonds. The van der Waals surface area contributed by atoms with E-state index in [-0.39, 0.29) is 28.0 Å². The van der Waals surface area contributed by atoms with Crippen LogP contribution in [-0.4, -0.2) is 30.7 Å². The zero-order chi connectivity index (χ0) is 24.3. The molecule has 0 bridgehead atoms. The molecule has 0 atom stereocenters. The summed E-state index contributed by atoms with van der Waals surface area (Å²) < 4.78 is 3.85. The molecule has 0 unspecified atom stereocenters. The molecule has 6 nitrogen and oxygen atoms in total. The Balaban J connectivity index is 1.49. The Bertz CT molecular complexity index is 1600. The second kappa shape index (κ2) is 8.18. The Hall–Kier alpha value is -3.74. The Morgan fingerprint density at radius 1 is 0.800 bits per heavy atom. The summed E-state index contributed by atoms with van der Waals surface area (Å²) in [6.45, 7) is 0. The van der Waals surface area contributed by atoms with E-state index in [2.05, 4.69) is 0 Å². The number of hydrogen-bond acceptors (Lipinski definition) is 4. The molecule has 0 fully saturated rings. The molecule has 2 heterocycles. The molecule has 0 spiro atoms. The van der Waals surface area contributed by atoms with Crippen LogP contribution in [0.2, 0.25) is 10.0 Å². The van der Waals surface area contributed by atoms with Gasteiger partial charge in [0.2, 0.25) is 0 Å². The van der Waals surface area contributed by atoms with Crippen molar-refractivity contribution in [2.45, 2.75) is 6.42 Å². The molecule has 0 N–H and O–H groups in total. The number of Topliss-reactive ketones (excluding diaryl/α,β-unsaturated/α-hetero) is 2. The highest BCUT2D eigenvalue weighted by molar-refractivity contribution is 6.43. The number of benzene rings is 3. The minimum Gasteiger partial charge on any atom is -0.310 e. The molecule has 0 radical (unpaired) electrons. The molecule has 3 aromatic carbocycles. The molecule has 0 aliphatic heterocycles. The normalized spacial score (nSPS) is 13.7. The van der Waals surface area contributed by atoms with E-state index >= 15 is 0 Å². The van der Waals surface area contributed by atoms with E-state index in [0.717, 1.165) is 17.1 Å². The number of fused-ring (bicyclic) bond motifs is 2. The molecule has 1 aliphatic carbocycles. The molecule has 0 saturated carbocycles. The van der Waals surface area contributed by atoms with Gasteiger partial charge in [0.15, 0.2) is 22.9 Å². The van der Waals surface area contributed by atoms with Crippen LogP contribution in [0.4, 0.5) is 0 Å². The zero-order valence-electron chi connectivity index (χ0n) is 18.6. The summed E-state index contributed by atoms with van der Waals surface area (Å²) in [4.78, 5) is 36.2. The van der Waals surface area contributed by atoms with Gasteiger partial charge >= 0.3 is 0 Å². The smallest absolute Gasteiger partial charge is 0.184 e. The van der Waals surface area contributed by atoms with E-state index < -0.39 is 5.92 Å². The third-order valence-electron chi connectivity index (χ3n) is 6.41. The van der Waals surface area contributed by atoms with Gasteiger partial charge < -0.3 is 4.57 Å². The van der Waals surface area contributed by atoms with Crippen LogP contribution in [0.15, 0.2) is 72.8 Å². The average Bonchev–Trinajstić information content (AvgIpc) is 3.46. The lowest BCUT2D eigenvalue weighted by molar-refractivity contribution is 0.0836. The van der Waals surface area contributed by atoms with E-state index in [1.165, 1.54) is 12.1 Å². The van der Waals surface area contributed by atoms with Gasteiger partial charge in [-0.1, -0.05) is 71.7 Å². The first kappa shape index (κ1) is 21.8. The SMILES string of the molecule is Cn1c(-c2ccccc2)nc2c1nc(CC1C(=O)c3cc(Cl)c(Cl)cc3C1=O)n2-c1ccccc1. The minimum atomic E-state index is -0.896. The molecule has 5 aromatic rings. The number of rotatable bonds is 4. The van der Waals surface area contributed by atoms with Crippen LogP contribution in [-0.2, 0) is 13.5 Å².